The number of nitrogens with zero attached hydrogens (tertiary/aromatic N) is 1. The van der Waals surface area contributed by atoms with E-state index in [1.807, 2.05) is 0 Å². The number of halogens is 3. The predicted molar refractivity (Wildman–Crippen MR) is 33.6 cm³/mol. The molecule has 0 amide bonds. The van der Waals surface area contributed by atoms with Gasteiger partial charge in [0, 0.05) is 6.07 Å². The molecule has 0 aliphatic carbocycles. The van der Waals surface area contributed by atoms with Crippen LogP contribution in [-0.2, 0) is 0 Å². The van der Waals surface area contributed by atoms with Gasteiger partial charge in [0.2, 0.25) is 5.95 Å². The summed E-state index contributed by atoms with van der Waals surface area (Å²) in [5.74, 6) is -2.26. The van der Waals surface area contributed by atoms with E-state index in [2.05, 4.69) is 4.98 Å². The fourth-order valence-electron chi connectivity index (χ4n) is 0.457. The Kier molecular flexibility index (Phi) is 1.72. The van der Waals surface area contributed by atoms with Crippen LogP contribution in [0.25, 0.3) is 0 Å². The molecule has 0 saturated heterocycles. The van der Waals surface area contributed by atoms with Gasteiger partial charge in [-0.25, -0.2) is 4.39 Å². The van der Waals surface area contributed by atoms with E-state index in [0.29, 0.717) is 0 Å². The molecule has 1 aromatic heterocycles. The van der Waals surface area contributed by atoms with E-state index in [1.165, 1.54) is 0 Å². The highest BCUT2D eigenvalue weighted by molar-refractivity contribution is 6.30. The van der Waals surface area contributed by atoms with Gasteiger partial charge < -0.3 is 5.73 Å². The fraction of sp³-hybridized carbons (Fsp3) is 0. The molecule has 0 spiro atoms. The van der Waals surface area contributed by atoms with E-state index in [9.17, 15) is 8.78 Å². The van der Waals surface area contributed by atoms with Gasteiger partial charge in [-0.1, -0.05) is 11.6 Å². The van der Waals surface area contributed by atoms with Gasteiger partial charge >= 0.3 is 0 Å². The second-order valence-electron chi connectivity index (χ2n) is 1.63. The maximum absolute atomic E-state index is 12.3. The number of hydrogen-bond acceptors (Lipinski definition) is 2. The van der Waals surface area contributed by atoms with E-state index in [4.69, 9.17) is 17.3 Å². The van der Waals surface area contributed by atoms with Crippen LogP contribution < -0.4 is 5.73 Å². The van der Waals surface area contributed by atoms with Crippen LogP contribution in [0.4, 0.5) is 14.6 Å². The fourth-order valence-corrected chi connectivity index (χ4v) is 0.595. The van der Waals surface area contributed by atoms with E-state index >= 15 is 0 Å². The lowest BCUT2D eigenvalue weighted by atomic mass is 10.4. The Balaban J connectivity index is 3.28. The predicted octanol–water partition coefficient (Wildman–Crippen LogP) is 1.60. The Morgan fingerprint density at radius 1 is 1.50 bits per heavy atom. The number of nitrogen functional groups attached to an aromatic ring is 1. The zero-order valence-electron chi connectivity index (χ0n) is 4.74. The van der Waals surface area contributed by atoms with Crippen molar-refractivity contribution in [2.45, 2.75) is 0 Å². The quantitative estimate of drug-likeness (QED) is 0.592. The van der Waals surface area contributed by atoms with Crippen LogP contribution in [0.15, 0.2) is 6.07 Å². The normalized spacial score (nSPS) is 9.90. The van der Waals surface area contributed by atoms with E-state index in [1.54, 1.807) is 0 Å². The molecule has 10 heavy (non-hydrogen) atoms. The number of nitrogens with two attached hydrogens (primary N) is 1. The van der Waals surface area contributed by atoms with Gasteiger partial charge in [-0.2, -0.15) is 9.37 Å². The topological polar surface area (TPSA) is 38.9 Å². The SMILES string of the molecule is Nc1nc(F)c(Cl)cc1F. The summed E-state index contributed by atoms with van der Waals surface area (Å²) < 4.78 is 24.6. The Labute approximate surface area is 60.6 Å². The molecule has 54 valence electrons. The van der Waals surface area contributed by atoms with Crippen molar-refractivity contribution < 1.29 is 8.78 Å². The lowest BCUT2D eigenvalue weighted by Crippen LogP contribution is -1.97. The van der Waals surface area contributed by atoms with Crippen LogP contribution in [0.3, 0.4) is 0 Å². The van der Waals surface area contributed by atoms with Crippen molar-refractivity contribution in [1.29, 1.82) is 0 Å². The highest BCUT2D eigenvalue weighted by atomic mass is 35.5. The van der Waals surface area contributed by atoms with Crippen molar-refractivity contribution in [2.75, 3.05) is 5.73 Å². The molecule has 2 N–H and O–H groups in total. The molecule has 1 rings (SSSR count). The summed E-state index contributed by atoms with van der Waals surface area (Å²) in [4.78, 5) is 2.98. The standard InChI is InChI=1S/C5H3ClF2N2/c6-2-1-3(7)5(9)10-4(2)8/h1H,(H2,9,10). The van der Waals surface area contributed by atoms with E-state index < -0.39 is 17.6 Å². The molecule has 0 aliphatic heterocycles. The molecule has 1 aromatic rings. The van der Waals surface area contributed by atoms with Gasteiger partial charge in [-0.05, 0) is 0 Å². The highest BCUT2D eigenvalue weighted by Gasteiger charge is 2.05. The minimum absolute atomic E-state index is 0.369. The van der Waals surface area contributed by atoms with Crippen LogP contribution in [0.1, 0.15) is 0 Å². The van der Waals surface area contributed by atoms with E-state index in [0.717, 1.165) is 6.07 Å². The molecule has 0 saturated carbocycles. The second-order valence-corrected chi connectivity index (χ2v) is 2.04. The number of pyridine rings is 1. The van der Waals surface area contributed by atoms with Gasteiger partial charge in [-0.3, -0.25) is 0 Å². The third kappa shape index (κ3) is 1.16. The molecule has 0 bridgehead atoms. The largest absolute Gasteiger partial charge is 0.381 e. The smallest absolute Gasteiger partial charge is 0.233 e. The van der Waals surface area contributed by atoms with Crippen molar-refractivity contribution in [3.05, 3.63) is 22.9 Å². The zero-order chi connectivity index (χ0) is 7.72. The van der Waals surface area contributed by atoms with Crippen LogP contribution >= 0.6 is 11.6 Å². The lowest BCUT2D eigenvalue weighted by Gasteiger charge is -1.95. The molecule has 1 heterocycles. The third-order valence-electron chi connectivity index (χ3n) is 0.914. The molecular formula is C5H3ClF2N2. The first-order valence-corrected chi connectivity index (χ1v) is 2.76. The van der Waals surface area contributed by atoms with Crippen LogP contribution in [-0.4, -0.2) is 4.98 Å². The first kappa shape index (κ1) is 7.21. The lowest BCUT2D eigenvalue weighted by molar-refractivity contribution is 0.566. The third-order valence-corrected chi connectivity index (χ3v) is 1.18. The summed E-state index contributed by atoms with van der Waals surface area (Å²) in [6, 6.07) is 0.777. The second kappa shape index (κ2) is 2.38. The van der Waals surface area contributed by atoms with Gasteiger partial charge in [0.25, 0.3) is 0 Å². The van der Waals surface area contributed by atoms with Crippen molar-refractivity contribution in [3.63, 3.8) is 0 Å². The molecule has 0 unspecified atom stereocenters. The summed E-state index contributed by atoms with van der Waals surface area (Å²) in [6.45, 7) is 0. The summed E-state index contributed by atoms with van der Waals surface area (Å²) in [6.07, 6.45) is 0. The van der Waals surface area contributed by atoms with Gasteiger partial charge in [0.05, 0.1) is 5.02 Å². The molecule has 0 fully saturated rings. The maximum Gasteiger partial charge on any atom is 0.233 e. The summed E-state index contributed by atoms with van der Waals surface area (Å²) >= 11 is 5.15. The molecule has 0 atom stereocenters. The number of aromatic nitrogens is 1. The van der Waals surface area contributed by atoms with Crippen LogP contribution in [0, 0.1) is 11.8 Å². The van der Waals surface area contributed by atoms with Gasteiger partial charge in [0.1, 0.15) is 0 Å². The average molecular weight is 165 g/mol. The van der Waals surface area contributed by atoms with Crippen molar-refractivity contribution in [3.8, 4) is 0 Å². The number of rotatable bonds is 0. The van der Waals surface area contributed by atoms with Crippen LogP contribution in [0.2, 0.25) is 5.02 Å². The maximum atomic E-state index is 12.3. The summed E-state index contributed by atoms with van der Waals surface area (Å²) in [5, 5.41) is -0.369. The minimum atomic E-state index is -0.958. The molecule has 0 radical (unpaired) electrons. The number of anilines is 1. The van der Waals surface area contributed by atoms with Crippen molar-refractivity contribution in [2.24, 2.45) is 0 Å². The summed E-state index contributed by atoms with van der Waals surface area (Å²) in [5.41, 5.74) is 4.90. The Morgan fingerprint density at radius 3 is 2.60 bits per heavy atom. The first-order chi connectivity index (χ1) is 4.61. The average Bonchev–Trinajstić information content (AvgIpc) is 1.84. The zero-order valence-corrected chi connectivity index (χ0v) is 5.49. The number of hydrogen-bond donors (Lipinski definition) is 1. The Morgan fingerprint density at radius 2 is 2.10 bits per heavy atom. The van der Waals surface area contributed by atoms with Gasteiger partial charge in [-0.15, -0.1) is 0 Å². The highest BCUT2D eigenvalue weighted by Crippen LogP contribution is 2.16. The van der Waals surface area contributed by atoms with E-state index in [-0.39, 0.29) is 5.02 Å². The monoisotopic (exact) mass is 164 g/mol. The molecule has 5 heteroatoms. The molecular weight excluding hydrogens is 162 g/mol. The van der Waals surface area contributed by atoms with Crippen LogP contribution in [0.5, 0.6) is 0 Å². The Hall–Kier alpha value is -0.900. The Bertz CT molecular complexity index is 214. The van der Waals surface area contributed by atoms with Crippen molar-refractivity contribution >= 4 is 17.4 Å². The minimum Gasteiger partial charge on any atom is -0.381 e. The van der Waals surface area contributed by atoms with Gasteiger partial charge in [0.15, 0.2) is 11.6 Å². The molecule has 2 nitrogen and oxygen atoms in total. The first-order valence-electron chi connectivity index (χ1n) is 2.38. The molecule has 0 aromatic carbocycles. The van der Waals surface area contributed by atoms with Crippen molar-refractivity contribution in [1.82, 2.24) is 4.98 Å². The summed E-state index contributed by atoms with van der Waals surface area (Å²) in [7, 11) is 0. The molecule has 0 aliphatic rings.